The standard InChI is InChI=1S/C10H13N3O2S/c14-9(15)2-1-3-11-10-7-4-16-5-8(7)12-6-13-10/h6H,1-5H2,(H,14,15)(H,11,12,13). The summed E-state index contributed by atoms with van der Waals surface area (Å²) in [5.41, 5.74) is 2.27. The van der Waals surface area contributed by atoms with Gasteiger partial charge in [0.2, 0.25) is 0 Å². The fourth-order valence-electron chi connectivity index (χ4n) is 1.57. The molecule has 5 nitrogen and oxygen atoms in total. The predicted molar refractivity (Wildman–Crippen MR) is 62.4 cm³/mol. The van der Waals surface area contributed by atoms with Gasteiger partial charge in [-0.05, 0) is 6.42 Å². The van der Waals surface area contributed by atoms with E-state index in [9.17, 15) is 4.79 Å². The first-order valence-electron chi connectivity index (χ1n) is 5.13. The molecule has 2 rings (SSSR count). The second-order valence-corrected chi connectivity index (χ2v) is 4.55. The second kappa shape index (κ2) is 5.16. The minimum Gasteiger partial charge on any atom is -0.481 e. The van der Waals surface area contributed by atoms with E-state index in [1.807, 2.05) is 11.8 Å². The molecule has 16 heavy (non-hydrogen) atoms. The minimum atomic E-state index is -0.759. The molecule has 0 bridgehead atoms. The molecule has 1 aromatic heterocycles. The Balaban J connectivity index is 1.90. The number of rotatable bonds is 5. The van der Waals surface area contributed by atoms with Crippen LogP contribution in [0.15, 0.2) is 6.33 Å². The largest absolute Gasteiger partial charge is 0.481 e. The number of carboxylic acid groups (broad SMARTS) is 1. The third-order valence-electron chi connectivity index (χ3n) is 2.38. The third-order valence-corrected chi connectivity index (χ3v) is 3.35. The molecule has 0 saturated heterocycles. The van der Waals surface area contributed by atoms with Crippen LogP contribution in [-0.2, 0) is 16.3 Å². The summed E-state index contributed by atoms with van der Waals surface area (Å²) in [6, 6.07) is 0. The van der Waals surface area contributed by atoms with Crippen molar-refractivity contribution in [3.05, 3.63) is 17.6 Å². The van der Waals surface area contributed by atoms with Crippen LogP contribution in [0.3, 0.4) is 0 Å². The molecule has 0 aromatic carbocycles. The monoisotopic (exact) mass is 239 g/mol. The lowest BCUT2D eigenvalue weighted by Gasteiger charge is -2.07. The smallest absolute Gasteiger partial charge is 0.303 e. The van der Waals surface area contributed by atoms with E-state index in [0.29, 0.717) is 13.0 Å². The van der Waals surface area contributed by atoms with E-state index in [4.69, 9.17) is 5.11 Å². The molecular weight excluding hydrogens is 226 g/mol. The Morgan fingerprint density at radius 2 is 2.38 bits per heavy atom. The number of thioether (sulfide) groups is 1. The topological polar surface area (TPSA) is 75.1 Å². The summed E-state index contributed by atoms with van der Waals surface area (Å²) in [6.45, 7) is 0.639. The van der Waals surface area contributed by atoms with Crippen molar-refractivity contribution >= 4 is 23.5 Å². The molecular formula is C10H13N3O2S. The van der Waals surface area contributed by atoms with Crippen molar-refractivity contribution in [2.24, 2.45) is 0 Å². The van der Waals surface area contributed by atoms with Crippen molar-refractivity contribution in [3.63, 3.8) is 0 Å². The van der Waals surface area contributed by atoms with Crippen molar-refractivity contribution in [1.29, 1.82) is 0 Å². The number of hydrogen-bond donors (Lipinski definition) is 2. The molecule has 1 aliphatic heterocycles. The molecule has 0 unspecified atom stereocenters. The van der Waals surface area contributed by atoms with Gasteiger partial charge in [0.1, 0.15) is 12.1 Å². The molecule has 0 aliphatic carbocycles. The molecule has 0 atom stereocenters. The van der Waals surface area contributed by atoms with Gasteiger partial charge in [0.15, 0.2) is 0 Å². The summed E-state index contributed by atoms with van der Waals surface area (Å²) in [6.07, 6.45) is 2.36. The second-order valence-electron chi connectivity index (χ2n) is 3.56. The number of fused-ring (bicyclic) bond motifs is 1. The summed E-state index contributed by atoms with van der Waals surface area (Å²) in [7, 11) is 0. The predicted octanol–water partition coefficient (Wildman–Crippen LogP) is 1.50. The molecule has 1 aromatic rings. The van der Waals surface area contributed by atoms with E-state index in [-0.39, 0.29) is 6.42 Å². The van der Waals surface area contributed by atoms with Gasteiger partial charge in [0.25, 0.3) is 0 Å². The van der Waals surface area contributed by atoms with Crippen LogP contribution >= 0.6 is 11.8 Å². The summed E-state index contributed by atoms with van der Waals surface area (Å²) in [5.74, 6) is 1.99. The van der Waals surface area contributed by atoms with E-state index in [0.717, 1.165) is 23.0 Å². The van der Waals surface area contributed by atoms with Crippen LogP contribution in [0.2, 0.25) is 0 Å². The lowest BCUT2D eigenvalue weighted by atomic mass is 10.2. The molecule has 0 saturated carbocycles. The van der Waals surface area contributed by atoms with E-state index >= 15 is 0 Å². The van der Waals surface area contributed by atoms with Crippen molar-refractivity contribution < 1.29 is 9.90 Å². The summed E-state index contributed by atoms with van der Waals surface area (Å²) in [4.78, 5) is 18.7. The summed E-state index contributed by atoms with van der Waals surface area (Å²) in [5, 5.41) is 11.7. The van der Waals surface area contributed by atoms with Gasteiger partial charge in [0, 0.05) is 30.0 Å². The Labute approximate surface area is 97.7 Å². The van der Waals surface area contributed by atoms with Gasteiger partial charge >= 0.3 is 5.97 Å². The number of aromatic nitrogens is 2. The van der Waals surface area contributed by atoms with Gasteiger partial charge < -0.3 is 10.4 Å². The van der Waals surface area contributed by atoms with Crippen molar-refractivity contribution in [2.45, 2.75) is 24.3 Å². The zero-order valence-electron chi connectivity index (χ0n) is 8.77. The zero-order chi connectivity index (χ0) is 11.4. The van der Waals surface area contributed by atoms with E-state index in [1.54, 1.807) is 6.33 Å². The maximum atomic E-state index is 10.3. The van der Waals surface area contributed by atoms with Crippen LogP contribution in [0.5, 0.6) is 0 Å². The number of carbonyl (C=O) groups is 1. The van der Waals surface area contributed by atoms with Crippen LogP contribution in [0.4, 0.5) is 5.82 Å². The number of carboxylic acids is 1. The normalized spacial score (nSPS) is 13.5. The maximum Gasteiger partial charge on any atom is 0.303 e. The highest BCUT2D eigenvalue weighted by Gasteiger charge is 2.16. The highest BCUT2D eigenvalue weighted by Crippen LogP contribution is 2.31. The average Bonchev–Trinajstić information content (AvgIpc) is 2.72. The number of anilines is 1. The summed E-state index contributed by atoms with van der Waals surface area (Å²) >= 11 is 1.82. The molecule has 0 radical (unpaired) electrons. The molecule has 2 N–H and O–H groups in total. The van der Waals surface area contributed by atoms with E-state index in [2.05, 4.69) is 15.3 Å². The van der Waals surface area contributed by atoms with Crippen LogP contribution in [0.1, 0.15) is 24.1 Å². The highest BCUT2D eigenvalue weighted by molar-refractivity contribution is 7.98. The van der Waals surface area contributed by atoms with Crippen LogP contribution in [0, 0.1) is 0 Å². The Bertz CT molecular complexity index is 398. The van der Waals surface area contributed by atoms with Crippen molar-refractivity contribution in [2.75, 3.05) is 11.9 Å². The van der Waals surface area contributed by atoms with Crippen LogP contribution in [0.25, 0.3) is 0 Å². The number of hydrogen-bond acceptors (Lipinski definition) is 5. The maximum absolute atomic E-state index is 10.3. The first-order valence-corrected chi connectivity index (χ1v) is 6.29. The number of nitrogens with zero attached hydrogens (tertiary/aromatic N) is 2. The minimum absolute atomic E-state index is 0.190. The van der Waals surface area contributed by atoms with E-state index < -0.39 is 5.97 Å². The molecule has 2 heterocycles. The average molecular weight is 239 g/mol. The molecule has 86 valence electrons. The molecule has 6 heteroatoms. The van der Waals surface area contributed by atoms with Gasteiger partial charge in [-0.2, -0.15) is 11.8 Å². The SMILES string of the molecule is O=C(O)CCCNc1ncnc2c1CSC2. The Morgan fingerprint density at radius 1 is 1.50 bits per heavy atom. The first kappa shape index (κ1) is 11.2. The number of aliphatic carboxylic acids is 1. The molecule has 0 amide bonds. The quantitative estimate of drug-likeness (QED) is 0.758. The highest BCUT2D eigenvalue weighted by atomic mass is 32.2. The fourth-order valence-corrected chi connectivity index (χ4v) is 2.62. The molecule has 0 fully saturated rings. The Kier molecular flexibility index (Phi) is 3.61. The molecule has 1 aliphatic rings. The van der Waals surface area contributed by atoms with Crippen molar-refractivity contribution in [3.8, 4) is 0 Å². The van der Waals surface area contributed by atoms with Gasteiger partial charge in [-0.15, -0.1) is 0 Å². The lowest BCUT2D eigenvalue weighted by Crippen LogP contribution is -2.08. The lowest BCUT2D eigenvalue weighted by molar-refractivity contribution is -0.137. The van der Waals surface area contributed by atoms with Gasteiger partial charge in [-0.1, -0.05) is 0 Å². The fraction of sp³-hybridized carbons (Fsp3) is 0.500. The van der Waals surface area contributed by atoms with Gasteiger partial charge in [-0.3, -0.25) is 4.79 Å². The van der Waals surface area contributed by atoms with E-state index in [1.165, 1.54) is 5.56 Å². The van der Waals surface area contributed by atoms with Crippen molar-refractivity contribution in [1.82, 2.24) is 9.97 Å². The Morgan fingerprint density at radius 3 is 3.19 bits per heavy atom. The zero-order valence-corrected chi connectivity index (χ0v) is 9.59. The van der Waals surface area contributed by atoms with Crippen LogP contribution in [-0.4, -0.2) is 27.6 Å². The van der Waals surface area contributed by atoms with Crippen LogP contribution < -0.4 is 5.32 Å². The number of nitrogens with one attached hydrogen (secondary N) is 1. The first-order chi connectivity index (χ1) is 7.77. The Hall–Kier alpha value is -1.30. The third kappa shape index (κ3) is 2.63. The van der Waals surface area contributed by atoms with Gasteiger partial charge in [-0.25, -0.2) is 9.97 Å². The van der Waals surface area contributed by atoms with Gasteiger partial charge in [0.05, 0.1) is 5.69 Å². The molecule has 0 spiro atoms. The summed E-state index contributed by atoms with van der Waals surface area (Å²) < 4.78 is 0.